The van der Waals surface area contributed by atoms with Crippen LogP contribution in [0.3, 0.4) is 0 Å². The van der Waals surface area contributed by atoms with Gasteiger partial charge in [-0.25, -0.2) is 14.6 Å². The Morgan fingerprint density at radius 2 is 1.84 bits per heavy atom. The summed E-state index contributed by atoms with van der Waals surface area (Å²) in [7, 11) is 1.88. The van der Waals surface area contributed by atoms with E-state index in [1.165, 1.54) is 0 Å². The van der Waals surface area contributed by atoms with E-state index in [1.807, 2.05) is 69.7 Å². The molecule has 0 unspecified atom stereocenters. The van der Waals surface area contributed by atoms with Gasteiger partial charge in [0.2, 0.25) is 0 Å². The van der Waals surface area contributed by atoms with E-state index in [0.29, 0.717) is 5.82 Å². The molecule has 0 aliphatic carbocycles. The van der Waals surface area contributed by atoms with Gasteiger partial charge < -0.3 is 9.84 Å². The van der Waals surface area contributed by atoms with Crippen molar-refractivity contribution >= 4 is 11.5 Å². The second-order valence-electron chi connectivity index (χ2n) is 7.20. The summed E-state index contributed by atoms with van der Waals surface area (Å²) in [5, 5.41) is 16.2. The Kier molecular flexibility index (Phi) is 4.55. The van der Waals surface area contributed by atoms with E-state index < -0.39 is 0 Å². The Morgan fingerprint density at radius 3 is 2.55 bits per heavy atom. The standard InChI is InChI=1S/C22H20N8O/c1-14-21(17-11-25-29(3)12-17)22(28-31-14)16-8-9-23-20(10-16)26-18-4-6-19(7-5-18)30-13-24-15(2)27-30/h4-13H,1-3H3,(H,23,26). The smallest absolute Gasteiger partial charge is 0.147 e. The van der Waals surface area contributed by atoms with Gasteiger partial charge in [-0.15, -0.1) is 0 Å². The number of anilines is 2. The van der Waals surface area contributed by atoms with E-state index in [1.54, 1.807) is 21.9 Å². The van der Waals surface area contributed by atoms with Gasteiger partial charge in [-0.3, -0.25) is 4.68 Å². The molecule has 0 aliphatic rings. The minimum atomic E-state index is 0.708. The van der Waals surface area contributed by atoms with Crippen LogP contribution < -0.4 is 5.32 Å². The largest absolute Gasteiger partial charge is 0.360 e. The Bertz CT molecular complexity index is 1350. The lowest BCUT2D eigenvalue weighted by Crippen LogP contribution is -1.97. The molecule has 0 fully saturated rings. The number of rotatable bonds is 5. The number of hydrogen-bond donors (Lipinski definition) is 1. The third-order valence-corrected chi connectivity index (χ3v) is 4.90. The van der Waals surface area contributed by atoms with Crippen molar-refractivity contribution in [3.8, 4) is 28.1 Å². The summed E-state index contributed by atoms with van der Waals surface area (Å²) in [6, 6.07) is 11.8. The molecule has 1 aromatic carbocycles. The van der Waals surface area contributed by atoms with Crippen LogP contribution in [-0.2, 0) is 7.05 Å². The van der Waals surface area contributed by atoms with Crippen molar-refractivity contribution in [2.75, 3.05) is 5.32 Å². The molecule has 0 spiro atoms. The van der Waals surface area contributed by atoms with Crippen LogP contribution in [0.2, 0.25) is 0 Å². The van der Waals surface area contributed by atoms with Crippen molar-refractivity contribution in [2.45, 2.75) is 13.8 Å². The highest BCUT2D eigenvalue weighted by molar-refractivity contribution is 5.82. The van der Waals surface area contributed by atoms with Crippen LogP contribution >= 0.6 is 0 Å². The zero-order chi connectivity index (χ0) is 21.4. The van der Waals surface area contributed by atoms with Crippen LogP contribution in [0.4, 0.5) is 11.5 Å². The van der Waals surface area contributed by atoms with Crippen molar-refractivity contribution < 1.29 is 4.52 Å². The van der Waals surface area contributed by atoms with Gasteiger partial charge in [0.05, 0.1) is 17.4 Å². The molecule has 154 valence electrons. The Labute approximate surface area is 178 Å². The molecule has 0 bridgehead atoms. The summed E-state index contributed by atoms with van der Waals surface area (Å²) in [6.07, 6.45) is 7.20. The molecule has 0 saturated carbocycles. The number of aromatic nitrogens is 7. The van der Waals surface area contributed by atoms with Crippen LogP contribution in [0.25, 0.3) is 28.1 Å². The number of aryl methyl sites for hydroxylation is 3. The van der Waals surface area contributed by atoms with Gasteiger partial charge in [0.25, 0.3) is 0 Å². The number of pyridine rings is 1. The van der Waals surface area contributed by atoms with Crippen LogP contribution in [0.5, 0.6) is 0 Å². The molecule has 5 aromatic rings. The first kappa shape index (κ1) is 18.7. The molecule has 31 heavy (non-hydrogen) atoms. The third-order valence-electron chi connectivity index (χ3n) is 4.90. The maximum Gasteiger partial charge on any atom is 0.147 e. The van der Waals surface area contributed by atoms with E-state index in [-0.39, 0.29) is 0 Å². The molecule has 9 nitrogen and oxygen atoms in total. The van der Waals surface area contributed by atoms with E-state index in [2.05, 4.69) is 30.6 Å². The third kappa shape index (κ3) is 3.68. The SMILES string of the molecule is Cc1ncn(-c2ccc(Nc3cc(-c4noc(C)c4-c4cnn(C)c4)ccn3)cc2)n1. The van der Waals surface area contributed by atoms with E-state index >= 15 is 0 Å². The molecule has 4 heterocycles. The minimum Gasteiger partial charge on any atom is -0.360 e. The van der Waals surface area contributed by atoms with Crippen molar-refractivity contribution in [1.29, 1.82) is 0 Å². The zero-order valence-electron chi connectivity index (χ0n) is 17.3. The summed E-state index contributed by atoms with van der Waals surface area (Å²) in [4.78, 5) is 8.60. The van der Waals surface area contributed by atoms with Crippen LogP contribution in [0.15, 0.2) is 65.8 Å². The summed E-state index contributed by atoms with van der Waals surface area (Å²) in [5.41, 5.74) is 5.40. The van der Waals surface area contributed by atoms with Crippen molar-refractivity contribution in [2.24, 2.45) is 7.05 Å². The number of nitrogens with one attached hydrogen (secondary N) is 1. The maximum atomic E-state index is 5.49. The zero-order valence-corrected chi connectivity index (χ0v) is 17.3. The lowest BCUT2D eigenvalue weighted by atomic mass is 10.0. The molecule has 0 saturated heterocycles. The summed E-state index contributed by atoms with van der Waals surface area (Å²) in [6.45, 7) is 3.76. The fourth-order valence-electron chi connectivity index (χ4n) is 3.42. The Morgan fingerprint density at radius 1 is 1.00 bits per heavy atom. The summed E-state index contributed by atoms with van der Waals surface area (Å²) < 4.78 is 8.99. The van der Waals surface area contributed by atoms with Gasteiger partial charge in [-0.1, -0.05) is 5.16 Å². The van der Waals surface area contributed by atoms with Gasteiger partial charge in [0.1, 0.15) is 29.4 Å². The van der Waals surface area contributed by atoms with Gasteiger partial charge >= 0.3 is 0 Å². The van der Waals surface area contributed by atoms with Gasteiger partial charge in [-0.05, 0) is 50.2 Å². The van der Waals surface area contributed by atoms with Crippen LogP contribution in [0.1, 0.15) is 11.6 Å². The number of hydrogen-bond acceptors (Lipinski definition) is 7. The molecule has 1 N–H and O–H groups in total. The minimum absolute atomic E-state index is 0.708. The maximum absolute atomic E-state index is 5.49. The molecule has 0 aliphatic heterocycles. The van der Waals surface area contributed by atoms with E-state index in [0.717, 1.165) is 45.3 Å². The first-order valence-corrected chi connectivity index (χ1v) is 9.74. The van der Waals surface area contributed by atoms with Gasteiger partial charge in [-0.2, -0.15) is 10.2 Å². The van der Waals surface area contributed by atoms with Gasteiger partial charge in [0.15, 0.2) is 0 Å². The predicted octanol–water partition coefficient (Wildman–Crippen LogP) is 4.08. The summed E-state index contributed by atoms with van der Waals surface area (Å²) >= 11 is 0. The molecule has 0 radical (unpaired) electrons. The number of nitrogens with zero attached hydrogens (tertiary/aromatic N) is 7. The molecular weight excluding hydrogens is 392 g/mol. The van der Waals surface area contributed by atoms with Crippen LogP contribution in [-0.4, -0.2) is 34.7 Å². The highest BCUT2D eigenvalue weighted by atomic mass is 16.5. The Balaban J connectivity index is 1.42. The van der Waals surface area contributed by atoms with Gasteiger partial charge in [0, 0.05) is 36.3 Å². The average molecular weight is 412 g/mol. The molecule has 0 atom stereocenters. The van der Waals surface area contributed by atoms with E-state index in [4.69, 9.17) is 4.52 Å². The lowest BCUT2D eigenvalue weighted by molar-refractivity contribution is 0.400. The second-order valence-corrected chi connectivity index (χ2v) is 7.20. The molecule has 0 amide bonds. The van der Waals surface area contributed by atoms with Crippen molar-refractivity contribution in [3.63, 3.8) is 0 Å². The van der Waals surface area contributed by atoms with Crippen molar-refractivity contribution in [3.05, 3.63) is 72.9 Å². The normalized spacial score (nSPS) is 11.1. The fraction of sp³-hybridized carbons (Fsp3) is 0.136. The molecular formula is C22H20N8O. The highest BCUT2D eigenvalue weighted by Gasteiger charge is 2.18. The topological polar surface area (TPSA) is 99.5 Å². The average Bonchev–Trinajstić information content (AvgIpc) is 3.49. The first-order chi connectivity index (χ1) is 15.1. The van der Waals surface area contributed by atoms with Crippen LogP contribution in [0, 0.1) is 13.8 Å². The summed E-state index contributed by atoms with van der Waals surface area (Å²) in [5.74, 6) is 2.19. The van der Waals surface area contributed by atoms with E-state index in [9.17, 15) is 0 Å². The fourth-order valence-corrected chi connectivity index (χ4v) is 3.42. The van der Waals surface area contributed by atoms with Crippen molar-refractivity contribution in [1.82, 2.24) is 34.7 Å². The molecule has 9 heteroatoms. The quantitative estimate of drug-likeness (QED) is 0.464. The predicted molar refractivity (Wildman–Crippen MR) is 116 cm³/mol. The second kappa shape index (κ2) is 7.52. The highest BCUT2D eigenvalue weighted by Crippen LogP contribution is 2.34. The molecule has 4 aromatic heterocycles. The monoisotopic (exact) mass is 412 g/mol. The molecule has 5 rings (SSSR count). The lowest BCUT2D eigenvalue weighted by Gasteiger charge is -2.08. The first-order valence-electron chi connectivity index (χ1n) is 9.74. The Hall–Kier alpha value is -4.27. The number of benzene rings is 1.